The fourth-order valence-corrected chi connectivity index (χ4v) is 5.62. The Morgan fingerprint density at radius 3 is 2.23 bits per heavy atom. The molecule has 1 aromatic rings. The average molecular weight is 558 g/mol. The number of allylic oxidation sites excluding steroid dienone is 5. The number of phenols is 1. The number of fused-ring (bicyclic) bond motifs is 1. The van der Waals surface area contributed by atoms with Gasteiger partial charge in [0.25, 0.3) is 5.91 Å². The van der Waals surface area contributed by atoms with Crippen molar-refractivity contribution in [2.24, 2.45) is 0 Å². The van der Waals surface area contributed by atoms with E-state index in [4.69, 9.17) is 4.74 Å². The Kier molecular flexibility index (Phi) is 12.2. The third-order valence-corrected chi connectivity index (χ3v) is 8.53. The lowest BCUT2D eigenvalue weighted by Crippen LogP contribution is -2.55. The van der Waals surface area contributed by atoms with Crippen LogP contribution in [-0.4, -0.2) is 45.2 Å². The Hall–Kier alpha value is -2.67. The minimum Gasteiger partial charge on any atom is -0.507 e. The topological polar surface area (TPSA) is 95.9 Å². The Morgan fingerprint density at radius 2 is 1.62 bits per heavy atom. The molecular weight excluding hydrogens is 510 g/mol. The van der Waals surface area contributed by atoms with Crippen LogP contribution in [0.4, 0.5) is 0 Å². The first kappa shape index (κ1) is 32.5. The number of nitrogens with one attached hydrogen (secondary N) is 1. The Balaban J connectivity index is 1.89. The minimum absolute atomic E-state index is 0.261. The van der Waals surface area contributed by atoms with Crippen LogP contribution in [0.15, 0.2) is 34.9 Å². The van der Waals surface area contributed by atoms with Crippen LogP contribution in [0.1, 0.15) is 89.0 Å². The van der Waals surface area contributed by atoms with Crippen molar-refractivity contribution in [2.75, 3.05) is 11.5 Å². The molecule has 0 radical (unpaired) electrons. The number of ether oxygens (including phenoxy) is 1. The van der Waals surface area contributed by atoms with E-state index in [2.05, 4.69) is 51.2 Å². The lowest BCUT2D eigenvalue weighted by molar-refractivity contribution is -0.145. The maximum atomic E-state index is 13.2. The van der Waals surface area contributed by atoms with E-state index in [9.17, 15) is 19.8 Å². The summed E-state index contributed by atoms with van der Waals surface area (Å²) in [6.07, 6.45) is 11.8. The molecule has 2 rings (SSSR count). The van der Waals surface area contributed by atoms with Gasteiger partial charge in [0.1, 0.15) is 17.5 Å². The van der Waals surface area contributed by atoms with Gasteiger partial charge in [0.2, 0.25) is 0 Å². The summed E-state index contributed by atoms with van der Waals surface area (Å²) >= 11 is 1.49. The van der Waals surface area contributed by atoms with Crippen LogP contribution in [0.5, 0.6) is 11.5 Å². The second-order valence-electron chi connectivity index (χ2n) is 11.2. The molecule has 0 saturated heterocycles. The fourth-order valence-electron chi connectivity index (χ4n) is 4.62. The van der Waals surface area contributed by atoms with Gasteiger partial charge in [-0.15, -0.1) is 0 Å². The predicted molar refractivity (Wildman–Crippen MR) is 162 cm³/mol. The molecule has 0 saturated carbocycles. The largest absolute Gasteiger partial charge is 0.507 e. The van der Waals surface area contributed by atoms with Crippen LogP contribution in [0, 0.1) is 20.8 Å². The molecule has 0 bridgehead atoms. The Bertz CT molecular complexity index is 1150. The van der Waals surface area contributed by atoms with Gasteiger partial charge in [-0.25, -0.2) is 4.79 Å². The third kappa shape index (κ3) is 9.20. The van der Waals surface area contributed by atoms with Crippen molar-refractivity contribution < 1.29 is 24.5 Å². The van der Waals surface area contributed by atoms with E-state index in [1.165, 1.54) is 28.5 Å². The van der Waals surface area contributed by atoms with E-state index in [-0.39, 0.29) is 11.5 Å². The molecule has 2 atom stereocenters. The molecule has 3 N–H and O–H groups in total. The summed E-state index contributed by atoms with van der Waals surface area (Å²) in [7, 11) is 0. The first-order valence-electron chi connectivity index (χ1n) is 13.8. The lowest BCUT2D eigenvalue weighted by Gasteiger charge is -2.37. The molecule has 0 aliphatic carbocycles. The number of aliphatic carboxylic acids is 1. The molecule has 39 heavy (non-hydrogen) atoms. The van der Waals surface area contributed by atoms with Crippen molar-refractivity contribution in [3.8, 4) is 11.5 Å². The summed E-state index contributed by atoms with van der Waals surface area (Å²) in [5, 5.41) is 22.9. The van der Waals surface area contributed by atoms with Gasteiger partial charge >= 0.3 is 5.97 Å². The fraction of sp³-hybridized carbons (Fsp3) is 0.562. The maximum absolute atomic E-state index is 13.2. The van der Waals surface area contributed by atoms with E-state index in [1.54, 1.807) is 6.92 Å². The quantitative estimate of drug-likeness (QED) is 0.176. The van der Waals surface area contributed by atoms with Gasteiger partial charge in [-0.1, -0.05) is 34.9 Å². The Morgan fingerprint density at radius 1 is 1.00 bits per heavy atom. The highest BCUT2D eigenvalue weighted by atomic mass is 32.2. The molecule has 1 amide bonds. The van der Waals surface area contributed by atoms with Gasteiger partial charge in [-0.2, -0.15) is 11.8 Å². The number of aromatic hydroxyl groups is 1. The number of carbonyl (C=O) groups is 2. The van der Waals surface area contributed by atoms with Crippen molar-refractivity contribution in [1.82, 2.24) is 5.32 Å². The van der Waals surface area contributed by atoms with Gasteiger partial charge < -0.3 is 20.3 Å². The normalized spacial score (nSPS) is 18.2. The predicted octanol–water partition coefficient (Wildman–Crippen LogP) is 7.12. The minimum atomic E-state index is -1.18. The highest BCUT2D eigenvalue weighted by Gasteiger charge is 2.42. The second kappa shape index (κ2) is 14.6. The summed E-state index contributed by atoms with van der Waals surface area (Å²) < 4.78 is 6.21. The number of hydrogen-bond donors (Lipinski definition) is 3. The van der Waals surface area contributed by atoms with Gasteiger partial charge in [-0.05, 0) is 104 Å². The molecule has 1 aliphatic rings. The standard InChI is InChI=1S/C32H47NO5S/c1-20(2)11-9-12-21(3)13-10-14-22(4)16-18-39-19-27(30(35)36)33-31(37)32(8)17-15-26-25(7)28(34)23(5)24(6)29(26)38-32/h11,13,16,27,34H,9-10,12,14-15,17-19H2,1-8H3,(H,33,37)(H,35,36)/b21-13+,22-16+/t27-,32+/m0/s1. The Labute approximate surface area is 239 Å². The molecule has 1 aliphatic heterocycles. The molecule has 0 unspecified atom stereocenters. The highest BCUT2D eigenvalue weighted by molar-refractivity contribution is 7.99. The van der Waals surface area contributed by atoms with E-state index in [0.29, 0.717) is 24.3 Å². The number of hydrogen-bond acceptors (Lipinski definition) is 5. The summed E-state index contributed by atoms with van der Waals surface area (Å²) in [4.78, 5) is 25.2. The van der Waals surface area contributed by atoms with Gasteiger partial charge in [-0.3, -0.25) is 4.79 Å². The summed E-state index contributed by atoms with van der Waals surface area (Å²) in [5.41, 5.74) is 6.06. The summed E-state index contributed by atoms with van der Waals surface area (Å²) in [5.74, 6) is 0.354. The number of rotatable bonds is 13. The number of thioether (sulfide) groups is 1. The lowest BCUT2D eigenvalue weighted by atomic mass is 9.86. The zero-order valence-electron chi connectivity index (χ0n) is 25.0. The van der Waals surface area contributed by atoms with Crippen LogP contribution < -0.4 is 10.1 Å². The van der Waals surface area contributed by atoms with E-state index < -0.39 is 23.5 Å². The molecule has 7 heteroatoms. The number of amides is 1. The molecule has 1 heterocycles. The van der Waals surface area contributed by atoms with Crippen molar-refractivity contribution in [2.45, 2.75) is 106 Å². The SMILES string of the molecule is CC(C)=CCC/C(C)=C/CC/C(C)=C/CSC[C@H](NC(=O)[C@@]1(C)CCc2c(C)c(O)c(C)c(C)c2O1)C(=O)O. The van der Waals surface area contributed by atoms with Crippen LogP contribution >= 0.6 is 11.8 Å². The van der Waals surface area contributed by atoms with Gasteiger partial charge in [0.15, 0.2) is 5.60 Å². The maximum Gasteiger partial charge on any atom is 0.327 e. The van der Waals surface area contributed by atoms with Crippen LogP contribution in [0.3, 0.4) is 0 Å². The van der Waals surface area contributed by atoms with Gasteiger partial charge in [0.05, 0.1) is 0 Å². The van der Waals surface area contributed by atoms with Crippen LogP contribution in [0.2, 0.25) is 0 Å². The van der Waals surface area contributed by atoms with Crippen molar-refractivity contribution in [3.63, 3.8) is 0 Å². The molecule has 0 aromatic heterocycles. The summed E-state index contributed by atoms with van der Waals surface area (Å²) in [6, 6.07) is -1.01. The molecule has 1 aromatic carbocycles. The number of carboxylic acid groups (broad SMARTS) is 1. The second-order valence-corrected chi connectivity index (χ2v) is 12.3. The van der Waals surface area contributed by atoms with Crippen LogP contribution in [-0.2, 0) is 16.0 Å². The first-order chi connectivity index (χ1) is 18.3. The average Bonchev–Trinajstić information content (AvgIpc) is 2.87. The highest BCUT2D eigenvalue weighted by Crippen LogP contribution is 2.43. The number of benzene rings is 1. The monoisotopic (exact) mass is 557 g/mol. The first-order valence-corrected chi connectivity index (χ1v) is 15.0. The number of phenolic OH excluding ortho intramolecular Hbond substituents is 1. The molecule has 0 fully saturated rings. The van der Waals surface area contributed by atoms with E-state index in [1.807, 2.05) is 20.8 Å². The smallest absolute Gasteiger partial charge is 0.327 e. The van der Waals surface area contributed by atoms with E-state index >= 15 is 0 Å². The molecule has 6 nitrogen and oxygen atoms in total. The van der Waals surface area contributed by atoms with Gasteiger partial charge in [0, 0.05) is 23.5 Å². The van der Waals surface area contributed by atoms with Crippen molar-refractivity contribution in [1.29, 1.82) is 0 Å². The molecular formula is C32H47NO5S. The van der Waals surface area contributed by atoms with Crippen molar-refractivity contribution >= 4 is 23.6 Å². The zero-order valence-corrected chi connectivity index (χ0v) is 25.8. The van der Waals surface area contributed by atoms with E-state index in [0.717, 1.165) is 47.9 Å². The molecule has 0 spiro atoms. The zero-order chi connectivity index (χ0) is 29.3. The van der Waals surface area contributed by atoms with Crippen LogP contribution in [0.25, 0.3) is 0 Å². The van der Waals surface area contributed by atoms with Crippen molar-refractivity contribution in [3.05, 3.63) is 57.2 Å². The third-order valence-electron chi connectivity index (χ3n) is 7.56. The number of carbonyl (C=O) groups excluding carboxylic acids is 1. The molecule has 216 valence electrons. The number of carboxylic acids is 1. The summed E-state index contributed by atoms with van der Waals surface area (Å²) in [6.45, 7) is 15.8.